The predicted octanol–water partition coefficient (Wildman–Crippen LogP) is 3.32. The van der Waals surface area contributed by atoms with Gasteiger partial charge in [0, 0.05) is 36.6 Å². The number of hydrogen-bond acceptors (Lipinski definition) is 3. The largest absolute Gasteiger partial charge is 0.329 e. The smallest absolute Gasteiger partial charge is 0.0635 e. The number of benzene rings is 1. The molecule has 0 heterocycles. The molecule has 0 fully saturated rings. The molecule has 0 spiro atoms. The Hall–Kier alpha value is -0.890. The predicted molar refractivity (Wildman–Crippen MR) is 82.6 cm³/mol. The maximum Gasteiger partial charge on any atom is 0.0635 e. The minimum atomic E-state index is 0.159. The lowest BCUT2D eigenvalue weighted by molar-refractivity contribution is 0.183. The molecule has 1 rings (SSSR count). The standard InChI is InChI=1S/C15H22BrN3/c1-12(2)11-19(9-5-8-17)15(10-18)13-6-3-4-7-14(13)16/h3-4,6-7,12,15H,5,9-11,18H2,1-2H3. The van der Waals surface area contributed by atoms with Gasteiger partial charge in [0.1, 0.15) is 0 Å². The fraction of sp³-hybridized carbons (Fsp3) is 0.533. The number of nitrogens with zero attached hydrogens (tertiary/aromatic N) is 2. The summed E-state index contributed by atoms with van der Waals surface area (Å²) >= 11 is 3.59. The summed E-state index contributed by atoms with van der Waals surface area (Å²) in [7, 11) is 0. The molecule has 0 amide bonds. The van der Waals surface area contributed by atoms with E-state index in [1.807, 2.05) is 18.2 Å². The molecule has 0 aliphatic heterocycles. The van der Waals surface area contributed by atoms with Crippen LogP contribution < -0.4 is 5.73 Å². The highest BCUT2D eigenvalue weighted by Crippen LogP contribution is 2.27. The van der Waals surface area contributed by atoms with Gasteiger partial charge in [-0.1, -0.05) is 48.0 Å². The highest BCUT2D eigenvalue weighted by atomic mass is 79.9. The third kappa shape index (κ3) is 4.94. The first-order valence-corrected chi connectivity index (χ1v) is 7.45. The minimum Gasteiger partial charge on any atom is -0.329 e. The van der Waals surface area contributed by atoms with Crippen molar-refractivity contribution < 1.29 is 0 Å². The Morgan fingerprint density at radius 1 is 1.37 bits per heavy atom. The number of halogens is 1. The molecular weight excluding hydrogens is 302 g/mol. The molecule has 1 unspecified atom stereocenters. The minimum absolute atomic E-state index is 0.159. The lowest BCUT2D eigenvalue weighted by Gasteiger charge is -2.32. The van der Waals surface area contributed by atoms with Gasteiger partial charge in [0.05, 0.1) is 6.07 Å². The third-order valence-electron chi connectivity index (χ3n) is 3.04. The van der Waals surface area contributed by atoms with Crippen LogP contribution >= 0.6 is 15.9 Å². The van der Waals surface area contributed by atoms with E-state index in [0.717, 1.165) is 17.6 Å². The first-order valence-electron chi connectivity index (χ1n) is 6.65. The van der Waals surface area contributed by atoms with Gasteiger partial charge in [-0.15, -0.1) is 0 Å². The van der Waals surface area contributed by atoms with Gasteiger partial charge in [0.2, 0.25) is 0 Å². The highest BCUT2D eigenvalue weighted by molar-refractivity contribution is 9.10. The van der Waals surface area contributed by atoms with Crippen molar-refractivity contribution in [3.05, 3.63) is 34.3 Å². The highest BCUT2D eigenvalue weighted by Gasteiger charge is 2.21. The van der Waals surface area contributed by atoms with Gasteiger partial charge in [-0.05, 0) is 17.5 Å². The second-order valence-electron chi connectivity index (χ2n) is 5.07. The Bertz CT molecular complexity index is 426. The molecule has 104 valence electrons. The van der Waals surface area contributed by atoms with Crippen LogP contribution in [0.1, 0.15) is 31.9 Å². The van der Waals surface area contributed by atoms with E-state index in [4.69, 9.17) is 11.0 Å². The van der Waals surface area contributed by atoms with E-state index in [1.165, 1.54) is 5.56 Å². The zero-order valence-corrected chi connectivity index (χ0v) is 13.2. The lowest BCUT2D eigenvalue weighted by Crippen LogP contribution is -2.37. The Kier molecular flexibility index (Phi) is 7.07. The van der Waals surface area contributed by atoms with Crippen molar-refractivity contribution in [2.24, 2.45) is 11.7 Å². The maximum absolute atomic E-state index is 8.81. The van der Waals surface area contributed by atoms with Crippen LogP contribution in [0, 0.1) is 17.2 Å². The van der Waals surface area contributed by atoms with Crippen LogP contribution in [0.15, 0.2) is 28.7 Å². The molecule has 0 saturated heterocycles. The van der Waals surface area contributed by atoms with Crippen LogP contribution in [0.4, 0.5) is 0 Å². The first kappa shape index (κ1) is 16.2. The first-order chi connectivity index (χ1) is 9.10. The van der Waals surface area contributed by atoms with Crippen molar-refractivity contribution in [1.29, 1.82) is 5.26 Å². The zero-order chi connectivity index (χ0) is 14.3. The van der Waals surface area contributed by atoms with E-state index in [-0.39, 0.29) is 6.04 Å². The molecule has 2 N–H and O–H groups in total. The van der Waals surface area contributed by atoms with Gasteiger partial charge < -0.3 is 5.73 Å². The molecule has 3 nitrogen and oxygen atoms in total. The zero-order valence-electron chi connectivity index (χ0n) is 11.6. The van der Waals surface area contributed by atoms with E-state index in [0.29, 0.717) is 18.9 Å². The SMILES string of the molecule is CC(C)CN(CCC#N)C(CN)c1ccccc1Br. The summed E-state index contributed by atoms with van der Waals surface area (Å²) in [5.41, 5.74) is 7.17. The van der Waals surface area contributed by atoms with Gasteiger partial charge in [0.15, 0.2) is 0 Å². The molecule has 4 heteroatoms. The van der Waals surface area contributed by atoms with Crippen molar-refractivity contribution in [2.45, 2.75) is 26.3 Å². The summed E-state index contributed by atoms with van der Waals surface area (Å²) in [6.45, 7) is 6.64. The molecule has 0 aliphatic rings. The topological polar surface area (TPSA) is 53.0 Å². The van der Waals surface area contributed by atoms with Gasteiger partial charge in [-0.25, -0.2) is 0 Å². The summed E-state index contributed by atoms with van der Waals surface area (Å²) in [6.07, 6.45) is 0.535. The molecule has 0 radical (unpaired) electrons. The molecule has 0 aliphatic carbocycles. The van der Waals surface area contributed by atoms with Crippen LogP contribution in [0.2, 0.25) is 0 Å². The van der Waals surface area contributed by atoms with E-state index in [1.54, 1.807) is 0 Å². The Labute approximate surface area is 124 Å². The molecular formula is C15H22BrN3. The lowest BCUT2D eigenvalue weighted by atomic mass is 10.0. The maximum atomic E-state index is 8.81. The van der Waals surface area contributed by atoms with Gasteiger partial charge in [-0.2, -0.15) is 5.26 Å². The van der Waals surface area contributed by atoms with E-state index >= 15 is 0 Å². The van der Waals surface area contributed by atoms with Crippen LogP contribution in [0.3, 0.4) is 0 Å². The monoisotopic (exact) mass is 323 g/mol. The van der Waals surface area contributed by atoms with Crippen molar-refractivity contribution in [1.82, 2.24) is 4.90 Å². The van der Waals surface area contributed by atoms with Crippen molar-refractivity contribution >= 4 is 15.9 Å². The third-order valence-corrected chi connectivity index (χ3v) is 3.76. The van der Waals surface area contributed by atoms with E-state index in [9.17, 15) is 0 Å². The van der Waals surface area contributed by atoms with Crippen LogP contribution in [0.25, 0.3) is 0 Å². The summed E-state index contributed by atoms with van der Waals surface area (Å²) in [4.78, 5) is 2.31. The second kappa shape index (κ2) is 8.31. The molecule has 1 aromatic carbocycles. The molecule has 1 atom stereocenters. The van der Waals surface area contributed by atoms with E-state index in [2.05, 4.69) is 46.8 Å². The van der Waals surface area contributed by atoms with Crippen molar-refractivity contribution in [2.75, 3.05) is 19.6 Å². The van der Waals surface area contributed by atoms with Crippen molar-refractivity contribution in [3.8, 4) is 6.07 Å². The second-order valence-corrected chi connectivity index (χ2v) is 5.92. The fourth-order valence-electron chi connectivity index (χ4n) is 2.26. The molecule has 19 heavy (non-hydrogen) atoms. The normalized spacial score (nSPS) is 12.7. The van der Waals surface area contributed by atoms with Crippen LogP contribution in [0.5, 0.6) is 0 Å². The summed E-state index contributed by atoms with van der Waals surface area (Å²) in [5, 5.41) is 8.81. The molecule has 1 aromatic rings. The van der Waals surface area contributed by atoms with Crippen LogP contribution in [-0.4, -0.2) is 24.5 Å². The Balaban J connectivity index is 2.95. The van der Waals surface area contributed by atoms with Gasteiger partial charge in [0.25, 0.3) is 0 Å². The average molecular weight is 324 g/mol. The summed E-state index contributed by atoms with van der Waals surface area (Å²) < 4.78 is 1.08. The number of hydrogen-bond donors (Lipinski definition) is 1. The van der Waals surface area contributed by atoms with Crippen molar-refractivity contribution in [3.63, 3.8) is 0 Å². The quantitative estimate of drug-likeness (QED) is 0.837. The molecule has 0 bridgehead atoms. The molecule has 0 saturated carbocycles. The fourth-order valence-corrected chi connectivity index (χ4v) is 2.80. The Morgan fingerprint density at radius 2 is 2.05 bits per heavy atom. The van der Waals surface area contributed by atoms with Gasteiger partial charge >= 0.3 is 0 Å². The number of nitrogens with two attached hydrogens (primary N) is 1. The van der Waals surface area contributed by atoms with Crippen LogP contribution in [-0.2, 0) is 0 Å². The van der Waals surface area contributed by atoms with E-state index < -0.39 is 0 Å². The summed E-state index contributed by atoms with van der Waals surface area (Å²) in [5.74, 6) is 0.551. The summed E-state index contributed by atoms with van der Waals surface area (Å²) in [6, 6.07) is 10.5. The van der Waals surface area contributed by atoms with Gasteiger partial charge in [-0.3, -0.25) is 4.90 Å². The average Bonchev–Trinajstić information content (AvgIpc) is 2.38. The Morgan fingerprint density at radius 3 is 2.58 bits per heavy atom. The number of nitriles is 1. The number of rotatable bonds is 7. The molecule has 0 aromatic heterocycles.